The number of allylic oxidation sites excluding steroid dienone is 1. The zero-order valence-corrected chi connectivity index (χ0v) is 15.6. The zero-order chi connectivity index (χ0) is 19.8. The van der Waals surface area contributed by atoms with Crippen LogP contribution in [0.5, 0.6) is 0 Å². The summed E-state index contributed by atoms with van der Waals surface area (Å²) in [6, 6.07) is 8.26. The number of ether oxygens (including phenoxy) is 2. The second kappa shape index (κ2) is 9.71. The predicted octanol–water partition coefficient (Wildman–Crippen LogP) is 2.52. The topological polar surface area (TPSA) is 81.7 Å². The number of benzene rings is 1. The van der Waals surface area contributed by atoms with Crippen LogP contribution in [0.25, 0.3) is 0 Å². The first-order valence-corrected chi connectivity index (χ1v) is 8.93. The fraction of sp³-hybridized carbons (Fsp3) is 0.381. The first-order valence-electron chi connectivity index (χ1n) is 8.93. The minimum atomic E-state index is -0.567. The van der Waals surface area contributed by atoms with Crippen molar-refractivity contribution in [3.05, 3.63) is 60.7 Å². The van der Waals surface area contributed by atoms with Gasteiger partial charge in [0.05, 0.1) is 19.6 Å². The summed E-state index contributed by atoms with van der Waals surface area (Å²) in [5.74, 6) is -2.11. The second-order valence-corrected chi connectivity index (χ2v) is 6.32. The molecular formula is C21H25NO5. The van der Waals surface area contributed by atoms with E-state index in [0.717, 1.165) is 0 Å². The van der Waals surface area contributed by atoms with Crippen molar-refractivity contribution in [1.29, 1.82) is 0 Å². The molecule has 0 spiro atoms. The summed E-state index contributed by atoms with van der Waals surface area (Å²) in [7, 11) is 1.30. The highest BCUT2D eigenvalue weighted by atomic mass is 16.5. The molecular weight excluding hydrogens is 346 g/mol. The summed E-state index contributed by atoms with van der Waals surface area (Å²) in [4.78, 5) is 36.7. The van der Waals surface area contributed by atoms with Gasteiger partial charge in [-0.25, -0.2) is 4.79 Å². The van der Waals surface area contributed by atoms with Crippen molar-refractivity contribution in [2.24, 2.45) is 17.8 Å². The van der Waals surface area contributed by atoms with Gasteiger partial charge in [0.25, 0.3) is 5.91 Å². The number of amides is 1. The van der Waals surface area contributed by atoms with Crippen LogP contribution >= 0.6 is 0 Å². The van der Waals surface area contributed by atoms with Crippen LogP contribution in [0.15, 0.2) is 55.1 Å². The molecule has 2 rings (SSSR count). The monoisotopic (exact) mass is 371 g/mol. The van der Waals surface area contributed by atoms with Crippen molar-refractivity contribution in [2.45, 2.75) is 19.4 Å². The predicted molar refractivity (Wildman–Crippen MR) is 101 cm³/mol. The Bertz CT molecular complexity index is 713. The molecule has 0 aromatic heterocycles. The SMILES string of the molecule is C=C[C@@H]1C[C@H](/C=C\C(=O)OC)[C@@H](NC(=O)c2ccccc2)[C@@H]1C(=O)OCC. The third-order valence-electron chi connectivity index (χ3n) is 4.73. The lowest BCUT2D eigenvalue weighted by Crippen LogP contribution is -2.45. The Balaban J connectivity index is 2.30. The smallest absolute Gasteiger partial charge is 0.330 e. The van der Waals surface area contributed by atoms with E-state index in [1.165, 1.54) is 13.2 Å². The molecule has 0 heterocycles. The lowest BCUT2D eigenvalue weighted by atomic mass is 9.92. The minimum absolute atomic E-state index is 0.169. The van der Waals surface area contributed by atoms with Crippen molar-refractivity contribution >= 4 is 17.8 Å². The molecule has 0 unspecified atom stereocenters. The minimum Gasteiger partial charge on any atom is -0.466 e. The van der Waals surface area contributed by atoms with Gasteiger partial charge in [-0.15, -0.1) is 6.58 Å². The molecule has 27 heavy (non-hydrogen) atoms. The average molecular weight is 371 g/mol. The lowest BCUT2D eigenvalue weighted by Gasteiger charge is -2.25. The number of methoxy groups -OCH3 is 1. The van der Waals surface area contributed by atoms with Crippen LogP contribution in [0.4, 0.5) is 0 Å². The van der Waals surface area contributed by atoms with Gasteiger partial charge in [-0.3, -0.25) is 9.59 Å². The Morgan fingerprint density at radius 2 is 1.93 bits per heavy atom. The molecule has 0 bridgehead atoms. The molecule has 1 amide bonds. The molecule has 0 aliphatic heterocycles. The highest BCUT2D eigenvalue weighted by Crippen LogP contribution is 2.39. The number of hydrogen-bond acceptors (Lipinski definition) is 5. The van der Waals surface area contributed by atoms with Gasteiger partial charge >= 0.3 is 11.9 Å². The fourth-order valence-corrected chi connectivity index (χ4v) is 3.43. The molecule has 6 heteroatoms. The largest absolute Gasteiger partial charge is 0.466 e. The summed E-state index contributed by atoms with van der Waals surface area (Å²) in [6.45, 7) is 5.81. The molecule has 4 atom stereocenters. The third kappa shape index (κ3) is 5.06. The number of hydrogen-bond donors (Lipinski definition) is 1. The summed E-state index contributed by atoms with van der Waals surface area (Å²) in [5.41, 5.74) is 0.498. The van der Waals surface area contributed by atoms with Crippen LogP contribution in [-0.2, 0) is 19.1 Å². The molecule has 1 aliphatic rings. The maximum atomic E-state index is 12.7. The number of carbonyl (C=O) groups is 3. The molecule has 1 N–H and O–H groups in total. The Kier molecular flexibility index (Phi) is 7.34. The van der Waals surface area contributed by atoms with Crippen molar-refractivity contribution in [1.82, 2.24) is 5.32 Å². The molecule has 1 aromatic rings. The van der Waals surface area contributed by atoms with E-state index in [-0.39, 0.29) is 30.3 Å². The maximum absolute atomic E-state index is 12.7. The van der Waals surface area contributed by atoms with E-state index in [2.05, 4.69) is 16.6 Å². The van der Waals surface area contributed by atoms with Crippen LogP contribution in [0.3, 0.4) is 0 Å². The number of carbonyl (C=O) groups excluding carboxylic acids is 3. The Morgan fingerprint density at radius 3 is 2.52 bits per heavy atom. The molecule has 6 nitrogen and oxygen atoms in total. The summed E-state index contributed by atoms with van der Waals surface area (Å²) >= 11 is 0. The van der Waals surface area contributed by atoms with Gasteiger partial charge < -0.3 is 14.8 Å². The van der Waals surface area contributed by atoms with E-state index >= 15 is 0 Å². The van der Waals surface area contributed by atoms with Crippen LogP contribution in [0, 0.1) is 17.8 Å². The van der Waals surface area contributed by atoms with E-state index in [1.807, 2.05) is 6.07 Å². The van der Waals surface area contributed by atoms with E-state index in [0.29, 0.717) is 12.0 Å². The molecule has 0 saturated heterocycles. The number of esters is 2. The highest BCUT2D eigenvalue weighted by Gasteiger charge is 2.46. The Hall–Kier alpha value is -2.89. The molecule has 1 fully saturated rings. The quantitative estimate of drug-likeness (QED) is 0.452. The first-order chi connectivity index (χ1) is 13.0. The van der Waals surface area contributed by atoms with Gasteiger partial charge in [0, 0.05) is 17.7 Å². The van der Waals surface area contributed by atoms with E-state index in [4.69, 9.17) is 4.74 Å². The summed E-state index contributed by atoms with van der Waals surface area (Å²) in [6.07, 6.45) is 5.27. The summed E-state index contributed by atoms with van der Waals surface area (Å²) in [5, 5.41) is 2.95. The number of rotatable bonds is 7. The van der Waals surface area contributed by atoms with Crippen molar-refractivity contribution in [3.63, 3.8) is 0 Å². The molecule has 1 aliphatic carbocycles. The van der Waals surface area contributed by atoms with E-state index in [1.54, 1.807) is 43.3 Å². The van der Waals surface area contributed by atoms with E-state index < -0.39 is 17.9 Å². The second-order valence-electron chi connectivity index (χ2n) is 6.32. The van der Waals surface area contributed by atoms with Gasteiger partial charge in [0.1, 0.15) is 0 Å². The lowest BCUT2D eigenvalue weighted by molar-refractivity contribution is -0.149. The van der Waals surface area contributed by atoms with Gasteiger partial charge in [-0.05, 0) is 37.3 Å². The normalized spacial score (nSPS) is 24.4. The molecule has 1 saturated carbocycles. The van der Waals surface area contributed by atoms with Crippen molar-refractivity contribution in [3.8, 4) is 0 Å². The molecule has 144 valence electrons. The van der Waals surface area contributed by atoms with Crippen molar-refractivity contribution < 1.29 is 23.9 Å². The van der Waals surface area contributed by atoms with Crippen LogP contribution in [0.1, 0.15) is 23.7 Å². The first kappa shape index (κ1) is 20.4. The van der Waals surface area contributed by atoms with Crippen molar-refractivity contribution in [2.75, 3.05) is 13.7 Å². The Labute approximate surface area is 159 Å². The summed E-state index contributed by atoms with van der Waals surface area (Å²) < 4.78 is 9.85. The van der Waals surface area contributed by atoms with Crippen LogP contribution in [-0.4, -0.2) is 37.6 Å². The zero-order valence-electron chi connectivity index (χ0n) is 15.6. The third-order valence-corrected chi connectivity index (χ3v) is 4.73. The van der Waals surface area contributed by atoms with E-state index in [9.17, 15) is 14.4 Å². The van der Waals surface area contributed by atoms with Gasteiger partial charge in [0.15, 0.2) is 0 Å². The Morgan fingerprint density at radius 1 is 1.22 bits per heavy atom. The number of nitrogens with one attached hydrogen (secondary N) is 1. The van der Waals surface area contributed by atoms with Gasteiger partial charge in [0.2, 0.25) is 0 Å². The highest BCUT2D eigenvalue weighted by molar-refractivity contribution is 5.94. The molecule has 1 aromatic carbocycles. The van der Waals surface area contributed by atoms with Gasteiger partial charge in [-0.2, -0.15) is 0 Å². The van der Waals surface area contributed by atoms with Crippen LogP contribution < -0.4 is 5.32 Å². The fourth-order valence-electron chi connectivity index (χ4n) is 3.43. The molecule has 0 radical (unpaired) electrons. The maximum Gasteiger partial charge on any atom is 0.330 e. The van der Waals surface area contributed by atoms with Crippen LogP contribution in [0.2, 0.25) is 0 Å². The average Bonchev–Trinajstić information content (AvgIpc) is 3.04. The standard InChI is InChI=1S/C21H25NO5/c1-4-14-13-16(11-12-17(23)26-3)19(18(14)21(25)27-5-2)22-20(24)15-9-7-6-8-10-15/h4,6-12,14,16,18-19H,1,5,13H2,2-3H3,(H,22,24)/b12-11-/t14-,16+,18-,19-/m1/s1. The van der Waals surface area contributed by atoms with Gasteiger partial charge in [-0.1, -0.05) is 30.4 Å².